The van der Waals surface area contributed by atoms with Crippen LogP contribution < -0.4 is 4.74 Å². The molecule has 0 bridgehead atoms. The summed E-state index contributed by atoms with van der Waals surface area (Å²) >= 11 is 0. The van der Waals surface area contributed by atoms with E-state index in [1.807, 2.05) is 12.1 Å². The summed E-state index contributed by atoms with van der Waals surface area (Å²) in [6.45, 7) is 2.10. The molecule has 0 aliphatic carbocycles. The van der Waals surface area contributed by atoms with E-state index in [4.69, 9.17) is 0 Å². The Labute approximate surface area is 254 Å². The number of aryl methyl sites for hydroxylation is 1. The lowest BCUT2D eigenvalue weighted by molar-refractivity contribution is -0.189. The first-order chi connectivity index (χ1) is 21.5. The third-order valence-electron chi connectivity index (χ3n) is 7.37. The van der Waals surface area contributed by atoms with Gasteiger partial charge in [-0.15, -0.1) is 0 Å². The first-order valence-corrected chi connectivity index (χ1v) is 14.2. The van der Waals surface area contributed by atoms with Crippen molar-refractivity contribution in [1.29, 1.82) is 0 Å². The van der Waals surface area contributed by atoms with Crippen molar-refractivity contribution in [1.82, 2.24) is 0 Å². The van der Waals surface area contributed by atoms with Gasteiger partial charge < -0.3 is 4.74 Å². The lowest BCUT2D eigenvalue weighted by Gasteiger charge is -2.20. The topological polar surface area (TPSA) is 9.23 Å². The zero-order chi connectivity index (χ0) is 32.3. The fourth-order valence-corrected chi connectivity index (χ4v) is 5.04. The average molecular weight is 627 g/mol. The Morgan fingerprint density at radius 1 is 0.511 bits per heavy atom. The van der Waals surface area contributed by atoms with Gasteiger partial charge in [-0.3, -0.25) is 0 Å². The van der Waals surface area contributed by atoms with Crippen molar-refractivity contribution in [3.8, 4) is 39.1 Å². The Kier molecular flexibility index (Phi) is 9.27. The van der Waals surface area contributed by atoms with E-state index in [1.165, 1.54) is 12.1 Å². The number of alkyl halides is 2. The van der Waals surface area contributed by atoms with Gasteiger partial charge in [-0.05, 0) is 94.8 Å². The summed E-state index contributed by atoms with van der Waals surface area (Å²) in [5.41, 5.74) is -0.549. The van der Waals surface area contributed by atoms with Crippen LogP contribution in [0, 0.1) is 34.9 Å². The molecule has 1 nitrogen and oxygen atoms in total. The summed E-state index contributed by atoms with van der Waals surface area (Å²) in [5, 5.41) is 0. The minimum absolute atomic E-state index is 0.0105. The molecule has 0 unspecified atom stereocenters. The number of halogens is 8. The Morgan fingerprint density at radius 3 is 1.53 bits per heavy atom. The highest BCUT2D eigenvalue weighted by molar-refractivity contribution is 5.72. The van der Waals surface area contributed by atoms with E-state index in [2.05, 4.69) is 11.7 Å². The predicted molar refractivity (Wildman–Crippen MR) is 157 cm³/mol. The minimum Gasteiger partial charge on any atom is -0.429 e. The molecule has 0 atom stereocenters. The monoisotopic (exact) mass is 626 g/mol. The molecule has 0 spiro atoms. The molecule has 0 aliphatic rings. The van der Waals surface area contributed by atoms with Gasteiger partial charge in [0, 0.05) is 0 Å². The van der Waals surface area contributed by atoms with Gasteiger partial charge in [0.05, 0.1) is 5.56 Å². The summed E-state index contributed by atoms with van der Waals surface area (Å²) < 4.78 is 121. The molecule has 5 rings (SSSR count). The van der Waals surface area contributed by atoms with E-state index in [1.54, 1.807) is 12.1 Å². The Hall–Kier alpha value is -4.66. The smallest absolute Gasteiger partial charge is 0.429 e. The molecule has 45 heavy (non-hydrogen) atoms. The van der Waals surface area contributed by atoms with Gasteiger partial charge in [-0.1, -0.05) is 62.2 Å². The second-order valence-electron chi connectivity index (χ2n) is 10.6. The van der Waals surface area contributed by atoms with Crippen LogP contribution in [0.3, 0.4) is 0 Å². The zero-order valence-corrected chi connectivity index (χ0v) is 23.9. The molecule has 0 amide bonds. The highest BCUT2D eigenvalue weighted by Crippen LogP contribution is 2.38. The summed E-state index contributed by atoms with van der Waals surface area (Å²) in [5.74, 6) is -8.05. The molecule has 0 N–H and O–H groups in total. The fourth-order valence-electron chi connectivity index (χ4n) is 5.04. The van der Waals surface area contributed by atoms with Crippen molar-refractivity contribution in [3.63, 3.8) is 0 Å². The maximum atomic E-state index is 15.0. The number of rotatable bonds is 10. The third-order valence-corrected chi connectivity index (χ3v) is 7.37. The summed E-state index contributed by atoms with van der Waals surface area (Å²) in [4.78, 5) is 0. The van der Waals surface area contributed by atoms with Crippen LogP contribution in [0.25, 0.3) is 33.4 Å². The molecule has 9 heteroatoms. The van der Waals surface area contributed by atoms with E-state index >= 15 is 8.78 Å². The van der Waals surface area contributed by atoms with Crippen LogP contribution in [-0.4, -0.2) is 0 Å². The van der Waals surface area contributed by atoms with E-state index < -0.39 is 57.9 Å². The molecule has 0 aliphatic heterocycles. The quantitative estimate of drug-likeness (QED) is 0.111. The second-order valence-corrected chi connectivity index (χ2v) is 10.6. The van der Waals surface area contributed by atoms with Crippen LogP contribution in [0.15, 0.2) is 91.0 Å². The van der Waals surface area contributed by atoms with Crippen LogP contribution >= 0.6 is 0 Å². The van der Waals surface area contributed by atoms with E-state index in [0.717, 1.165) is 79.8 Å². The van der Waals surface area contributed by atoms with E-state index in [-0.39, 0.29) is 22.3 Å². The molecule has 0 radical (unpaired) electrons. The molecular formula is C36H26F8O. The molecule has 232 valence electrons. The normalized spacial score (nSPS) is 11.6. The second kappa shape index (κ2) is 13.1. The summed E-state index contributed by atoms with van der Waals surface area (Å²) in [6.07, 6.45) is -0.372. The van der Waals surface area contributed by atoms with Gasteiger partial charge in [0.2, 0.25) is 0 Å². The van der Waals surface area contributed by atoms with Crippen LogP contribution in [0.4, 0.5) is 35.1 Å². The van der Waals surface area contributed by atoms with Crippen molar-refractivity contribution in [2.24, 2.45) is 0 Å². The first-order valence-electron chi connectivity index (χ1n) is 14.2. The van der Waals surface area contributed by atoms with Gasteiger partial charge in [-0.25, -0.2) is 26.3 Å². The Morgan fingerprint density at radius 2 is 1.00 bits per heavy atom. The zero-order valence-electron chi connectivity index (χ0n) is 23.9. The summed E-state index contributed by atoms with van der Waals surface area (Å²) in [7, 11) is 0. The SMILES string of the molecule is CCCCCc1ccc(-c2cc(F)c(C(F)(F)Oc3ccc(-c4cc(F)c(-c5ccc(F)c(F)c5)c(F)c4)cc3)c(F)c2)cc1. The number of hydrogen-bond donors (Lipinski definition) is 0. The Bertz CT molecular complexity index is 1770. The molecule has 0 saturated heterocycles. The van der Waals surface area contributed by atoms with E-state index in [0.29, 0.717) is 11.6 Å². The van der Waals surface area contributed by atoms with Crippen LogP contribution in [0.5, 0.6) is 5.75 Å². The van der Waals surface area contributed by atoms with Gasteiger partial charge >= 0.3 is 6.11 Å². The first kappa shape index (κ1) is 31.8. The van der Waals surface area contributed by atoms with Crippen molar-refractivity contribution in [2.45, 2.75) is 38.7 Å². The van der Waals surface area contributed by atoms with E-state index in [9.17, 15) is 26.3 Å². The highest BCUT2D eigenvalue weighted by atomic mass is 19.3. The standard InChI is InChI=1S/C36H26F8O/c1-2-3-4-5-21-6-8-22(9-7-21)26-19-32(41)35(33(42)20-26)36(43,44)45-27-13-10-23(11-14-27)25-17-30(39)34(31(40)18-25)24-12-15-28(37)29(38)16-24/h6-20H,2-5H2,1H3. The molecular weight excluding hydrogens is 600 g/mol. The number of unbranched alkanes of at least 4 members (excludes halogenated alkanes) is 2. The molecule has 0 fully saturated rings. The van der Waals surface area contributed by atoms with Crippen molar-refractivity contribution in [3.05, 3.63) is 137 Å². The lowest BCUT2D eigenvalue weighted by Crippen LogP contribution is -2.25. The van der Waals surface area contributed by atoms with Crippen molar-refractivity contribution < 1.29 is 39.9 Å². The predicted octanol–water partition coefficient (Wildman–Crippen LogP) is 11.4. The average Bonchev–Trinajstić information content (AvgIpc) is 2.98. The maximum absolute atomic E-state index is 15.0. The van der Waals surface area contributed by atoms with Crippen molar-refractivity contribution >= 4 is 0 Å². The van der Waals surface area contributed by atoms with Crippen LogP contribution in [0.1, 0.15) is 37.3 Å². The number of benzene rings is 5. The van der Waals surface area contributed by atoms with Crippen molar-refractivity contribution in [2.75, 3.05) is 0 Å². The molecule has 0 saturated carbocycles. The number of hydrogen-bond acceptors (Lipinski definition) is 1. The maximum Gasteiger partial charge on any atom is 0.432 e. The molecule has 0 heterocycles. The minimum atomic E-state index is -4.40. The van der Waals surface area contributed by atoms with Gasteiger partial charge in [0.1, 0.15) is 34.6 Å². The van der Waals surface area contributed by atoms with Gasteiger partial charge in [0.15, 0.2) is 11.6 Å². The number of ether oxygens (including phenoxy) is 1. The van der Waals surface area contributed by atoms with Crippen LogP contribution in [-0.2, 0) is 12.5 Å². The largest absolute Gasteiger partial charge is 0.432 e. The molecule has 0 aromatic heterocycles. The van der Waals surface area contributed by atoms with Crippen LogP contribution in [0.2, 0.25) is 0 Å². The van der Waals surface area contributed by atoms with Gasteiger partial charge in [-0.2, -0.15) is 8.78 Å². The van der Waals surface area contributed by atoms with Gasteiger partial charge in [0.25, 0.3) is 0 Å². The molecule has 5 aromatic carbocycles. The molecule has 5 aromatic rings. The highest BCUT2D eigenvalue weighted by Gasteiger charge is 2.41. The fraction of sp³-hybridized carbons (Fsp3) is 0.167. The third kappa shape index (κ3) is 7.03. The lowest BCUT2D eigenvalue weighted by atomic mass is 9.98. The summed E-state index contributed by atoms with van der Waals surface area (Å²) in [6, 6.07) is 17.5. The Balaban J connectivity index is 1.33.